The van der Waals surface area contributed by atoms with Gasteiger partial charge in [0.2, 0.25) is 0 Å². The van der Waals surface area contributed by atoms with Gasteiger partial charge in [-0.25, -0.2) is 4.98 Å². The van der Waals surface area contributed by atoms with E-state index in [-0.39, 0.29) is 24.5 Å². The van der Waals surface area contributed by atoms with Crippen LogP contribution in [0, 0.1) is 11.3 Å². The van der Waals surface area contributed by atoms with Crippen molar-refractivity contribution in [2.24, 2.45) is 0 Å². The number of hydrogen-bond donors (Lipinski definition) is 1. The van der Waals surface area contributed by atoms with Crippen LogP contribution in [-0.4, -0.2) is 24.1 Å². The minimum Gasteiger partial charge on any atom is -0.465 e. The van der Waals surface area contributed by atoms with E-state index in [9.17, 15) is 18.0 Å². The molecule has 0 aliphatic rings. The van der Waals surface area contributed by atoms with Crippen LogP contribution in [-0.2, 0) is 15.7 Å². The van der Waals surface area contributed by atoms with E-state index in [2.05, 4.69) is 15.0 Å². The summed E-state index contributed by atoms with van der Waals surface area (Å²) in [5.41, 5.74) is -1.23. The summed E-state index contributed by atoms with van der Waals surface area (Å²) in [6, 6.07) is 3.38. The largest absolute Gasteiger partial charge is 0.465 e. The third kappa shape index (κ3) is 4.13. The highest BCUT2D eigenvalue weighted by atomic mass is 19.4. The molecule has 0 saturated heterocycles. The summed E-state index contributed by atoms with van der Waals surface area (Å²) >= 11 is 0. The van der Waals surface area contributed by atoms with E-state index < -0.39 is 17.8 Å². The van der Waals surface area contributed by atoms with Gasteiger partial charge in [0.1, 0.15) is 24.1 Å². The van der Waals surface area contributed by atoms with Gasteiger partial charge >= 0.3 is 12.1 Å². The molecule has 1 heterocycles. The number of rotatable bonds is 4. The number of esters is 1. The minimum atomic E-state index is -4.62. The molecule has 0 fully saturated rings. The third-order valence-corrected chi connectivity index (χ3v) is 2.01. The normalized spacial score (nSPS) is 10.7. The fourth-order valence-corrected chi connectivity index (χ4v) is 1.21. The summed E-state index contributed by atoms with van der Waals surface area (Å²) in [7, 11) is 0. The van der Waals surface area contributed by atoms with Gasteiger partial charge in [-0.05, 0) is 19.1 Å². The molecule has 0 spiro atoms. The maximum absolute atomic E-state index is 12.5. The third-order valence-electron chi connectivity index (χ3n) is 2.01. The highest BCUT2D eigenvalue weighted by molar-refractivity contribution is 5.75. The van der Waals surface area contributed by atoms with Crippen LogP contribution in [0.5, 0.6) is 0 Å². The predicted octanol–water partition coefficient (Wildman–Crippen LogP) is 1.95. The van der Waals surface area contributed by atoms with Crippen molar-refractivity contribution >= 4 is 11.8 Å². The molecule has 1 aromatic heterocycles. The molecule has 19 heavy (non-hydrogen) atoms. The number of aromatic nitrogens is 1. The Balaban J connectivity index is 2.92. The number of ether oxygens (including phenoxy) is 1. The number of alkyl halides is 3. The summed E-state index contributed by atoms with van der Waals surface area (Å²) in [4.78, 5) is 14.4. The predicted molar refractivity (Wildman–Crippen MR) is 59.1 cm³/mol. The molecule has 1 rings (SSSR count). The maximum atomic E-state index is 12.5. The molecule has 0 amide bonds. The lowest BCUT2D eigenvalue weighted by Crippen LogP contribution is -2.19. The van der Waals surface area contributed by atoms with Gasteiger partial charge in [0, 0.05) is 0 Å². The van der Waals surface area contributed by atoms with Crippen LogP contribution in [0.4, 0.5) is 19.0 Å². The SMILES string of the molecule is CCOC(=O)CNc1nc(C(F)(F)F)ccc1C#N. The Morgan fingerprint density at radius 2 is 2.21 bits per heavy atom. The summed E-state index contributed by atoms with van der Waals surface area (Å²) in [5.74, 6) is -0.948. The van der Waals surface area contributed by atoms with Crippen molar-refractivity contribution in [1.82, 2.24) is 4.98 Å². The number of carbonyl (C=O) groups excluding carboxylic acids is 1. The first-order valence-corrected chi connectivity index (χ1v) is 5.26. The lowest BCUT2D eigenvalue weighted by Gasteiger charge is -2.10. The molecule has 0 atom stereocenters. The van der Waals surface area contributed by atoms with Gasteiger partial charge in [0.15, 0.2) is 0 Å². The first-order valence-electron chi connectivity index (χ1n) is 5.26. The average molecular weight is 273 g/mol. The van der Waals surface area contributed by atoms with Crippen LogP contribution in [0.2, 0.25) is 0 Å². The van der Waals surface area contributed by atoms with E-state index >= 15 is 0 Å². The van der Waals surface area contributed by atoms with E-state index in [0.717, 1.165) is 6.07 Å². The van der Waals surface area contributed by atoms with Crippen LogP contribution in [0.25, 0.3) is 0 Å². The standard InChI is InChI=1S/C11H10F3N3O2/c1-2-19-9(18)6-16-10-7(5-15)3-4-8(17-10)11(12,13)14/h3-4H,2,6H2,1H3,(H,16,17). The van der Waals surface area contributed by atoms with Crippen molar-refractivity contribution in [2.45, 2.75) is 13.1 Å². The first-order chi connectivity index (χ1) is 8.88. The Hall–Kier alpha value is -2.30. The van der Waals surface area contributed by atoms with E-state index in [1.54, 1.807) is 13.0 Å². The van der Waals surface area contributed by atoms with Crippen molar-refractivity contribution in [3.05, 3.63) is 23.4 Å². The lowest BCUT2D eigenvalue weighted by molar-refractivity contribution is -0.141. The molecule has 5 nitrogen and oxygen atoms in total. The molecule has 8 heteroatoms. The number of anilines is 1. The average Bonchev–Trinajstić information content (AvgIpc) is 2.35. The van der Waals surface area contributed by atoms with E-state index in [0.29, 0.717) is 6.07 Å². The molecule has 1 aromatic rings. The molecular formula is C11H10F3N3O2. The van der Waals surface area contributed by atoms with Crippen LogP contribution < -0.4 is 5.32 Å². The Labute approximate surface area is 107 Å². The van der Waals surface area contributed by atoms with Gasteiger partial charge in [0.25, 0.3) is 0 Å². The van der Waals surface area contributed by atoms with Crippen molar-refractivity contribution in [3.63, 3.8) is 0 Å². The van der Waals surface area contributed by atoms with Crippen LogP contribution >= 0.6 is 0 Å². The van der Waals surface area contributed by atoms with E-state index in [1.165, 1.54) is 0 Å². The summed E-state index contributed by atoms with van der Waals surface area (Å²) in [6.45, 7) is 1.39. The molecule has 1 N–H and O–H groups in total. The fraction of sp³-hybridized carbons (Fsp3) is 0.364. The second-order valence-corrected chi connectivity index (χ2v) is 3.36. The van der Waals surface area contributed by atoms with Crippen LogP contribution in [0.1, 0.15) is 18.2 Å². The molecule has 0 radical (unpaired) electrons. The van der Waals surface area contributed by atoms with Gasteiger partial charge in [-0.15, -0.1) is 0 Å². The summed E-state index contributed by atoms with van der Waals surface area (Å²) in [5, 5.41) is 11.1. The van der Waals surface area contributed by atoms with Crippen molar-refractivity contribution in [2.75, 3.05) is 18.5 Å². The Bertz CT molecular complexity index is 509. The topological polar surface area (TPSA) is 75.0 Å². The highest BCUT2D eigenvalue weighted by Crippen LogP contribution is 2.29. The Kier molecular flexibility index (Phi) is 4.69. The van der Waals surface area contributed by atoms with E-state index in [4.69, 9.17) is 5.26 Å². The van der Waals surface area contributed by atoms with Crippen molar-refractivity contribution < 1.29 is 22.7 Å². The van der Waals surface area contributed by atoms with Gasteiger partial charge in [-0.3, -0.25) is 4.79 Å². The minimum absolute atomic E-state index is 0.0858. The molecule has 102 valence electrons. The molecule has 0 aliphatic carbocycles. The number of hydrogen-bond acceptors (Lipinski definition) is 5. The Morgan fingerprint density at radius 3 is 2.74 bits per heavy atom. The molecule has 0 saturated carbocycles. The van der Waals surface area contributed by atoms with Crippen molar-refractivity contribution in [1.29, 1.82) is 5.26 Å². The monoisotopic (exact) mass is 273 g/mol. The molecule has 0 aliphatic heterocycles. The molecular weight excluding hydrogens is 263 g/mol. The Morgan fingerprint density at radius 1 is 1.53 bits per heavy atom. The number of halogens is 3. The fourth-order valence-electron chi connectivity index (χ4n) is 1.21. The zero-order chi connectivity index (χ0) is 14.5. The summed E-state index contributed by atoms with van der Waals surface area (Å²) < 4.78 is 42.0. The van der Waals surface area contributed by atoms with Crippen LogP contribution in [0.3, 0.4) is 0 Å². The number of nitriles is 1. The number of nitrogens with zero attached hydrogens (tertiary/aromatic N) is 2. The zero-order valence-corrected chi connectivity index (χ0v) is 9.91. The second kappa shape index (κ2) is 6.04. The number of pyridine rings is 1. The quantitative estimate of drug-likeness (QED) is 0.848. The maximum Gasteiger partial charge on any atom is 0.433 e. The first kappa shape index (κ1) is 14.8. The van der Waals surface area contributed by atoms with E-state index in [1.807, 2.05) is 0 Å². The second-order valence-electron chi connectivity index (χ2n) is 3.36. The van der Waals surface area contributed by atoms with Crippen LogP contribution in [0.15, 0.2) is 12.1 Å². The smallest absolute Gasteiger partial charge is 0.433 e. The highest BCUT2D eigenvalue weighted by Gasteiger charge is 2.33. The van der Waals surface area contributed by atoms with Gasteiger partial charge in [0.05, 0.1) is 12.2 Å². The van der Waals surface area contributed by atoms with Gasteiger partial charge in [-0.2, -0.15) is 18.4 Å². The van der Waals surface area contributed by atoms with Gasteiger partial charge < -0.3 is 10.1 Å². The van der Waals surface area contributed by atoms with Gasteiger partial charge in [-0.1, -0.05) is 0 Å². The lowest BCUT2D eigenvalue weighted by atomic mass is 10.2. The number of carbonyl (C=O) groups is 1. The molecule has 0 unspecified atom stereocenters. The molecule has 0 bridgehead atoms. The summed E-state index contributed by atoms with van der Waals surface area (Å²) in [6.07, 6.45) is -4.62. The van der Waals surface area contributed by atoms with Crippen molar-refractivity contribution in [3.8, 4) is 6.07 Å². The number of nitrogens with one attached hydrogen (secondary N) is 1. The molecule has 0 aromatic carbocycles. The zero-order valence-electron chi connectivity index (χ0n) is 9.91.